The van der Waals surface area contributed by atoms with Gasteiger partial charge in [0.2, 0.25) is 5.91 Å². The number of carbonyl (C=O) groups is 2. The molecule has 7 nitrogen and oxygen atoms in total. The van der Waals surface area contributed by atoms with E-state index in [0.29, 0.717) is 25.1 Å². The summed E-state index contributed by atoms with van der Waals surface area (Å²) in [5.41, 5.74) is -0.523. The van der Waals surface area contributed by atoms with Crippen LogP contribution in [0.2, 0.25) is 0 Å². The number of carbonyl (C=O) groups excluding carboxylic acids is 2. The average Bonchev–Trinajstić information content (AvgIpc) is 3.47. The lowest BCUT2D eigenvalue weighted by Gasteiger charge is -2.46. The molecule has 0 bridgehead atoms. The first-order chi connectivity index (χ1) is 14.2. The second kappa shape index (κ2) is 9.20. The zero-order valence-corrected chi connectivity index (χ0v) is 17.1. The van der Waals surface area contributed by atoms with Crippen molar-refractivity contribution >= 4 is 11.8 Å². The van der Waals surface area contributed by atoms with Crippen molar-refractivity contribution in [2.24, 2.45) is 0 Å². The second-order valence-electron chi connectivity index (χ2n) is 8.69. The molecule has 1 aromatic heterocycles. The van der Waals surface area contributed by atoms with Crippen LogP contribution in [0.5, 0.6) is 0 Å². The Morgan fingerprint density at radius 1 is 1.07 bits per heavy atom. The number of ether oxygens (including phenoxy) is 1. The first kappa shape index (κ1) is 20.3. The van der Waals surface area contributed by atoms with Crippen molar-refractivity contribution in [3.8, 4) is 0 Å². The van der Waals surface area contributed by atoms with Crippen LogP contribution >= 0.6 is 0 Å². The van der Waals surface area contributed by atoms with Crippen molar-refractivity contribution in [1.29, 1.82) is 0 Å². The molecule has 2 saturated carbocycles. The Bertz CT molecular complexity index is 693. The van der Waals surface area contributed by atoms with Crippen LogP contribution in [0, 0.1) is 0 Å². The summed E-state index contributed by atoms with van der Waals surface area (Å²) in [7, 11) is 0. The number of nitrogens with one attached hydrogen (secondary N) is 1. The molecule has 0 radical (unpaired) electrons. The molecule has 2 heterocycles. The van der Waals surface area contributed by atoms with E-state index in [-0.39, 0.29) is 24.0 Å². The summed E-state index contributed by atoms with van der Waals surface area (Å²) in [5, 5.41) is 3.29. The summed E-state index contributed by atoms with van der Waals surface area (Å²) in [5.74, 6) is -0.198. The zero-order valence-electron chi connectivity index (χ0n) is 17.1. The van der Waals surface area contributed by atoms with Gasteiger partial charge < -0.3 is 15.0 Å². The Kier molecular flexibility index (Phi) is 6.43. The first-order valence-corrected chi connectivity index (χ1v) is 11.2. The van der Waals surface area contributed by atoms with E-state index in [4.69, 9.17) is 4.74 Å². The molecule has 0 spiro atoms. The zero-order chi connectivity index (χ0) is 20.1. The summed E-state index contributed by atoms with van der Waals surface area (Å²) >= 11 is 0. The maximum absolute atomic E-state index is 13.6. The Balaban J connectivity index is 1.64. The first-order valence-electron chi connectivity index (χ1n) is 11.2. The third kappa shape index (κ3) is 4.44. The van der Waals surface area contributed by atoms with E-state index in [1.807, 2.05) is 0 Å². The van der Waals surface area contributed by atoms with Crippen molar-refractivity contribution in [1.82, 2.24) is 20.2 Å². The Morgan fingerprint density at radius 3 is 2.52 bits per heavy atom. The molecule has 158 valence electrons. The van der Waals surface area contributed by atoms with Crippen molar-refractivity contribution in [3.63, 3.8) is 0 Å². The Hall–Kier alpha value is -2.02. The van der Waals surface area contributed by atoms with Crippen LogP contribution in [0.15, 0.2) is 18.6 Å². The van der Waals surface area contributed by atoms with Crippen LogP contribution in [0.25, 0.3) is 0 Å². The van der Waals surface area contributed by atoms with Gasteiger partial charge in [-0.15, -0.1) is 0 Å². The predicted octanol–water partition coefficient (Wildman–Crippen LogP) is 2.86. The molecular formula is C22H32N4O3. The fraction of sp³-hybridized carbons (Fsp3) is 0.727. The molecule has 2 amide bonds. The lowest BCUT2D eigenvalue weighted by molar-refractivity contribution is -0.136. The molecule has 1 aliphatic heterocycles. The molecule has 4 rings (SSSR count). The largest absolute Gasteiger partial charge is 0.376 e. The third-order valence-electron chi connectivity index (χ3n) is 6.75. The number of amides is 2. The van der Waals surface area contributed by atoms with E-state index in [0.717, 1.165) is 64.4 Å². The highest BCUT2D eigenvalue weighted by Gasteiger charge is 2.48. The fourth-order valence-corrected chi connectivity index (χ4v) is 5.14. The molecule has 2 aliphatic carbocycles. The average molecular weight is 401 g/mol. The third-order valence-corrected chi connectivity index (χ3v) is 6.75. The molecule has 3 aliphatic rings. The molecule has 1 atom stereocenters. The minimum Gasteiger partial charge on any atom is -0.376 e. The lowest BCUT2D eigenvalue weighted by atomic mass is 9.78. The van der Waals surface area contributed by atoms with E-state index < -0.39 is 5.54 Å². The summed E-state index contributed by atoms with van der Waals surface area (Å²) in [6.07, 6.45) is 15.3. The van der Waals surface area contributed by atoms with Crippen LogP contribution in [-0.4, -0.2) is 57.5 Å². The van der Waals surface area contributed by atoms with Gasteiger partial charge in [-0.2, -0.15) is 0 Å². The minimum atomic E-state index is -0.818. The normalized spacial score (nSPS) is 24.3. The number of hydrogen-bond acceptors (Lipinski definition) is 5. The van der Waals surface area contributed by atoms with Crippen LogP contribution in [0.3, 0.4) is 0 Å². The molecule has 1 N–H and O–H groups in total. The van der Waals surface area contributed by atoms with Crippen LogP contribution in [0.1, 0.15) is 81.1 Å². The van der Waals surface area contributed by atoms with E-state index in [2.05, 4.69) is 15.3 Å². The minimum absolute atomic E-state index is 0.0133. The predicted molar refractivity (Wildman–Crippen MR) is 108 cm³/mol. The highest BCUT2D eigenvalue weighted by molar-refractivity contribution is 5.98. The van der Waals surface area contributed by atoms with E-state index in [9.17, 15) is 9.59 Å². The number of aromatic nitrogens is 2. The topological polar surface area (TPSA) is 84.4 Å². The molecule has 1 saturated heterocycles. The molecule has 0 aromatic carbocycles. The van der Waals surface area contributed by atoms with Crippen molar-refractivity contribution in [2.75, 3.05) is 13.2 Å². The molecule has 7 heteroatoms. The van der Waals surface area contributed by atoms with Crippen LogP contribution in [-0.2, 0) is 9.53 Å². The second-order valence-corrected chi connectivity index (χ2v) is 8.69. The maximum Gasteiger partial charge on any atom is 0.275 e. The van der Waals surface area contributed by atoms with Gasteiger partial charge in [0.15, 0.2) is 0 Å². The summed E-state index contributed by atoms with van der Waals surface area (Å²) in [4.78, 5) is 37.3. The Labute approximate surface area is 172 Å². The van der Waals surface area contributed by atoms with Gasteiger partial charge in [-0.1, -0.05) is 32.1 Å². The van der Waals surface area contributed by atoms with Gasteiger partial charge in [-0.3, -0.25) is 14.6 Å². The lowest BCUT2D eigenvalue weighted by Crippen LogP contribution is -2.64. The highest BCUT2D eigenvalue weighted by Crippen LogP contribution is 2.36. The SMILES string of the molecule is O=C(c1cnccn1)N(C[C@H]1CCCO1)C1(C(=O)NC2CCCC2)CCCCC1. The maximum atomic E-state index is 13.6. The standard InChI is InChI=1S/C22H32N4O3/c27-20(19-15-23-12-13-24-19)26(16-18-9-6-14-29-18)22(10-4-1-5-11-22)21(28)25-17-7-2-3-8-17/h12-13,15,17-18H,1-11,14,16H2,(H,25,28)/t18-/m1/s1. The van der Waals surface area contributed by atoms with Crippen molar-refractivity contribution in [3.05, 3.63) is 24.3 Å². The highest BCUT2D eigenvalue weighted by atomic mass is 16.5. The van der Waals surface area contributed by atoms with Gasteiger partial charge in [0.1, 0.15) is 11.2 Å². The fourth-order valence-electron chi connectivity index (χ4n) is 5.14. The molecule has 29 heavy (non-hydrogen) atoms. The Morgan fingerprint density at radius 2 is 1.86 bits per heavy atom. The summed E-state index contributed by atoms with van der Waals surface area (Å²) in [6.45, 7) is 1.16. The van der Waals surface area contributed by atoms with Crippen LogP contribution < -0.4 is 5.32 Å². The van der Waals surface area contributed by atoms with E-state index >= 15 is 0 Å². The molecule has 0 unspecified atom stereocenters. The summed E-state index contributed by atoms with van der Waals surface area (Å²) in [6, 6.07) is 0.234. The number of nitrogens with zero attached hydrogens (tertiary/aromatic N) is 3. The van der Waals surface area contributed by atoms with Crippen molar-refractivity contribution in [2.45, 2.75) is 88.3 Å². The van der Waals surface area contributed by atoms with Gasteiger partial charge in [-0.05, 0) is 38.5 Å². The quantitative estimate of drug-likeness (QED) is 0.794. The van der Waals surface area contributed by atoms with Gasteiger partial charge in [-0.25, -0.2) is 4.98 Å². The monoisotopic (exact) mass is 400 g/mol. The molecular weight excluding hydrogens is 368 g/mol. The van der Waals surface area contributed by atoms with Gasteiger partial charge >= 0.3 is 0 Å². The number of rotatable bonds is 6. The molecule has 3 fully saturated rings. The van der Waals surface area contributed by atoms with Gasteiger partial charge in [0.25, 0.3) is 5.91 Å². The van der Waals surface area contributed by atoms with E-state index in [1.54, 1.807) is 11.1 Å². The smallest absolute Gasteiger partial charge is 0.275 e. The van der Waals surface area contributed by atoms with Crippen molar-refractivity contribution < 1.29 is 14.3 Å². The van der Waals surface area contributed by atoms with Gasteiger partial charge in [0, 0.05) is 31.6 Å². The van der Waals surface area contributed by atoms with Gasteiger partial charge in [0.05, 0.1) is 12.3 Å². The van der Waals surface area contributed by atoms with Crippen LogP contribution in [0.4, 0.5) is 0 Å². The van der Waals surface area contributed by atoms with E-state index in [1.165, 1.54) is 12.4 Å². The summed E-state index contributed by atoms with van der Waals surface area (Å²) < 4.78 is 5.86. The number of hydrogen-bond donors (Lipinski definition) is 1. The molecule has 1 aromatic rings.